The number of nitrogens with one attached hydrogen (secondary N) is 1. The van der Waals surface area contributed by atoms with Gasteiger partial charge < -0.3 is 9.88 Å². The van der Waals surface area contributed by atoms with Crippen molar-refractivity contribution in [3.63, 3.8) is 0 Å². The number of imidazole rings is 1. The van der Waals surface area contributed by atoms with E-state index in [0.29, 0.717) is 0 Å². The van der Waals surface area contributed by atoms with Crippen LogP contribution in [-0.2, 0) is 13.0 Å². The molecule has 0 aliphatic rings. The zero-order valence-electron chi connectivity index (χ0n) is 11.5. The lowest BCUT2D eigenvalue weighted by Crippen LogP contribution is -2.10. The summed E-state index contributed by atoms with van der Waals surface area (Å²) in [6.07, 6.45) is 9.35. The lowest BCUT2D eigenvalue weighted by molar-refractivity contribution is 0.659. The summed E-state index contributed by atoms with van der Waals surface area (Å²) >= 11 is 0. The average molecular weight is 270 g/mol. The molecule has 6 nitrogen and oxygen atoms in total. The molecule has 0 aliphatic carbocycles. The van der Waals surface area contributed by atoms with Gasteiger partial charge in [-0.05, 0) is 12.8 Å². The van der Waals surface area contributed by atoms with E-state index >= 15 is 0 Å². The largest absolute Gasteiger partial charge is 0.370 e. The van der Waals surface area contributed by atoms with Gasteiger partial charge in [-0.15, -0.1) is 0 Å². The van der Waals surface area contributed by atoms with E-state index in [4.69, 9.17) is 0 Å². The lowest BCUT2D eigenvalue weighted by Gasteiger charge is -2.10. The predicted molar refractivity (Wildman–Crippen MR) is 77.7 cm³/mol. The summed E-state index contributed by atoms with van der Waals surface area (Å²) in [5.74, 6) is 1.00. The van der Waals surface area contributed by atoms with Crippen molar-refractivity contribution in [2.45, 2.75) is 26.3 Å². The molecule has 3 heterocycles. The van der Waals surface area contributed by atoms with Gasteiger partial charge in [0.25, 0.3) is 0 Å². The second-order valence-corrected chi connectivity index (χ2v) is 4.67. The fourth-order valence-electron chi connectivity index (χ4n) is 2.17. The van der Waals surface area contributed by atoms with Crippen LogP contribution in [0.15, 0.2) is 37.1 Å². The first-order chi connectivity index (χ1) is 9.86. The summed E-state index contributed by atoms with van der Waals surface area (Å²) in [6.45, 7) is 3.96. The molecule has 0 aliphatic heterocycles. The molecular formula is C14H18N6. The predicted octanol–water partition coefficient (Wildman–Crippen LogP) is 1.99. The van der Waals surface area contributed by atoms with E-state index in [2.05, 4.69) is 37.9 Å². The van der Waals surface area contributed by atoms with Gasteiger partial charge in [0, 0.05) is 43.3 Å². The molecule has 0 fully saturated rings. The Hall–Kier alpha value is -2.37. The minimum atomic E-state index is 0.889. The maximum atomic E-state index is 4.53. The second kappa shape index (κ2) is 5.73. The van der Waals surface area contributed by atoms with Gasteiger partial charge in [-0.3, -0.25) is 0 Å². The first-order valence-corrected chi connectivity index (χ1v) is 6.90. The summed E-state index contributed by atoms with van der Waals surface area (Å²) in [6, 6.07) is 3.99. The van der Waals surface area contributed by atoms with E-state index < -0.39 is 0 Å². The standard InChI is InChI=1S/C14H18N6/c1-2-12-10-14(20-13(18-12)4-6-17-20)16-5-3-8-19-9-7-15-11-19/h4,6-7,9-11,16H,2-3,5,8H2,1H3. The second-order valence-electron chi connectivity index (χ2n) is 4.67. The smallest absolute Gasteiger partial charge is 0.157 e. The van der Waals surface area contributed by atoms with Crippen molar-refractivity contribution in [3.8, 4) is 0 Å². The first kappa shape index (κ1) is 12.7. The molecule has 0 aromatic carbocycles. The molecule has 0 amide bonds. The van der Waals surface area contributed by atoms with Gasteiger partial charge in [0.2, 0.25) is 0 Å². The van der Waals surface area contributed by atoms with Gasteiger partial charge in [-0.25, -0.2) is 9.97 Å². The highest BCUT2D eigenvalue weighted by Gasteiger charge is 2.04. The molecule has 0 saturated carbocycles. The molecule has 6 heteroatoms. The molecule has 0 radical (unpaired) electrons. The summed E-state index contributed by atoms with van der Waals surface area (Å²) in [5.41, 5.74) is 1.97. The molecule has 3 rings (SSSR count). The van der Waals surface area contributed by atoms with Crippen molar-refractivity contribution < 1.29 is 0 Å². The molecule has 1 N–H and O–H groups in total. The molecule has 0 unspecified atom stereocenters. The van der Waals surface area contributed by atoms with Gasteiger partial charge in [0.1, 0.15) is 5.82 Å². The maximum absolute atomic E-state index is 4.53. The zero-order chi connectivity index (χ0) is 13.8. The Balaban J connectivity index is 1.65. The summed E-state index contributed by atoms with van der Waals surface area (Å²) in [4.78, 5) is 8.57. The number of rotatable bonds is 6. The van der Waals surface area contributed by atoms with Crippen molar-refractivity contribution in [2.75, 3.05) is 11.9 Å². The van der Waals surface area contributed by atoms with E-state index in [-0.39, 0.29) is 0 Å². The molecule has 0 spiro atoms. The van der Waals surface area contributed by atoms with E-state index in [9.17, 15) is 0 Å². The number of nitrogens with zero attached hydrogens (tertiary/aromatic N) is 5. The van der Waals surface area contributed by atoms with E-state index in [1.807, 2.05) is 23.1 Å². The van der Waals surface area contributed by atoms with Crippen LogP contribution in [0.1, 0.15) is 19.0 Å². The fourth-order valence-corrected chi connectivity index (χ4v) is 2.17. The number of aromatic nitrogens is 5. The number of aryl methyl sites for hydroxylation is 2. The molecular weight excluding hydrogens is 252 g/mol. The van der Waals surface area contributed by atoms with Crippen molar-refractivity contribution >= 4 is 11.5 Å². The topological polar surface area (TPSA) is 60.0 Å². The van der Waals surface area contributed by atoms with Crippen molar-refractivity contribution in [1.82, 2.24) is 24.1 Å². The quantitative estimate of drug-likeness (QED) is 0.696. The maximum Gasteiger partial charge on any atom is 0.157 e. The minimum absolute atomic E-state index is 0.889. The van der Waals surface area contributed by atoms with Gasteiger partial charge in [0.15, 0.2) is 5.65 Å². The van der Waals surface area contributed by atoms with Crippen molar-refractivity contribution in [2.24, 2.45) is 0 Å². The minimum Gasteiger partial charge on any atom is -0.370 e. The van der Waals surface area contributed by atoms with Crippen LogP contribution in [0, 0.1) is 0 Å². The molecule has 0 saturated heterocycles. The van der Waals surface area contributed by atoms with Crippen LogP contribution < -0.4 is 5.32 Å². The first-order valence-electron chi connectivity index (χ1n) is 6.90. The molecule has 104 valence electrons. The van der Waals surface area contributed by atoms with Crippen LogP contribution in [0.2, 0.25) is 0 Å². The zero-order valence-corrected chi connectivity index (χ0v) is 11.5. The van der Waals surface area contributed by atoms with Crippen LogP contribution in [0.4, 0.5) is 5.82 Å². The highest BCUT2D eigenvalue weighted by atomic mass is 15.3. The number of hydrogen-bond acceptors (Lipinski definition) is 4. The van der Waals surface area contributed by atoms with Gasteiger partial charge in [-0.1, -0.05) is 6.92 Å². The van der Waals surface area contributed by atoms with Crippen LogP contribution in [0.3, 0.4) is 0 Å². The van der Waals surface area contributed by atoms with E-state index in [1.165, 1.54) is 0 Å². The third-order valence-electron chi connectivity index (χ3n) is 3.23. The molecule has 3 aromatic heterocycles. The Morgan fingerprint density at radius 1 is 1.30 bits per heavy atom. The van der Waals surface area contributed by atoms with Crippen molar-refractivity contribution in [3.05, 3.63) is 42.7 Å². The highest BCUT2D eigenvalue weighted by Crippen LogP contribution is 2.12. The SMILES string of the molecule is CCc1cc(NCCCn2ccnc2)n2nccc2n1. The molecule has 20 heavy (non-hydrogen) atoms. The van der Waals surface area contributed by atoms with Crippen LogP contribution >= 0.6 is 0 Å². The molecule has 0 bridgehead atoms. The number of anilines is 1. The third kappa shape index (κ3) is 2.64. The van der Waals surface area contributed by atoms with Crippen molar-refractivity contribution in [1.29, 1.82) is 0 Å². The Kier molecular flexibility index (Phi) is 3.62. The van der Waals surface area contributed by atoms with Crippen LogP contribution in [0.5, 0.6) is 0 Å². The summed E-state index contributed by atoms with van der Waals surface area (Å²) in [5, 5.41) is 7.74. The summed E-state index contributed by atoms with van der Waals surface area (Å²) < 4.78 is 3.92. The normalized spacial score (nSPS) is 11.1. The van der Waals surface area contributed by atoms with Gasteiger partial charge in [0.05, 0.1) is 12.5 Å². The lowest BCUT2D eigenvalue weighted by atomic mass is 10.3. The third-order valence-corrected chi connectivity index (χ3v) is 3.23. The monoisotopic (exact) mass is 270 g/mol. The van der Waals surface area contributed by atoms with Gasteiger partial charge in [-0.2, -0.15) is 9.61 Å². The Morgan fingerprint density at radius 2 is 2.25 bits per heavy atom. The Morgan fingerprint density at radius 3 is 3.05 bits per heavy atom. The van der Waals surface area contributed by atoms with E-state index in [0.717, 1.165) is 43.1 Å². The van der Waals surface area contributed by atoms with Crippen LogP contribution in [0.25, 0.3) is 5.65 Å². The van der Waals surface area contributed by atoms with Gasteiger partial charge >= 0.3 is 0 Å². The molecule has 3 aromatic rings. The summed E-state index contributed by atoms with van der Waals surface area (Å²) in [7, 11) is 0. The number of fused-ring (bicyclic) bond motifs is 1. The fraction of sp³-hybridized carbons (Fsp3) is 0.357. The average Bonchev–Trinajstić information content (AvgIpc) is 3.13. The Labute approximate surface area is 117 Å². The van der Waals surface area contributed by atoms with E-state index in [1.54, 1.807) is 12.4 Å². The highest BCUT2D eigenvalue weighted by molar-refractivity contribution is 5.49. The van der Waals surface area contributed by atoms with Crippen LogP contribution in [-0.4, -0.2) is 30.7 Å². The molecule has 0 atom stereocenters. The Bertz CT molecular complexity index is 670. The number of hydrogen-bond donors (Lipinski definition) is 1.